The number of halogens is 1. The monoisotopic (exact) mass is 336 g/mol. The molecule has 1 N–H and O–H groups in total. The standard InChI is InChI=1S/C15H13ClN2O3S/c1-10(15(20)18-13-4-3-12(16)8-17-13)21-14(19)5-2-11-6-7-22-9-11/h2-10H,1H3,(H,17,18,20)/b5-2+/t10-/m1/s1. The Morgan fingerprint density at radius 2 is 2.23 bits per heavy atom. The largest absolute Gasteiger partial charge is 0.449 e. The van der Waals surface area contributed by atoms with Crippen LogP contribution in [0.2, 0.25) is 5.02 Å². The number of anilines is 1. The van der Waals surface area contributed by atoms with Crippen LogP contribution in [0.3, 0.4) is 0 Å². The molecule has 22 heavy (non-hydrogen) atoms. The molecule has 0 aliphatic rings. The van der Waals surface area contributed by atoms with Crippen molar-refractivity contribution in [1.82, 2.24) is 4.98 Å². The van der Waals surface area contributed by atoms with Gasteiger partial charge in [0.05, 0.1) is 5.02 Å². The van der Waals surface area contributed by atoms with E-state index in [1.807, 2.05) is 16.8 Å². The first kappa shape index (κ1) is 16.2. The van der Waals surface area contributed by atoms with E-state index in [-0.39, 0.29) is 0 Å². The van der Waals surface area contributed by atoms with Gasteiger partial charge in [-0.25, -0.2) is 9.78 Å². The van der Waals surface area contributed by atoms with E-state index in [0.717, 1.165) is 5.56 Å². The zero-order chi connectivity index (χ0) is 15.9. The smallest absolute Gasteiger partial charge is 0.331 e. The van der Waals surface area contributed by atoms with Gasteiger partial charge in [0.2, 0.25) is 0 Å². The third kappa shape index (κ3) is 4.98. The molecule has 7 heteroatoms. The Hall–Kier alpha value is -2.18. The summed E-state index contributed by atoms with van der Waals surface area (Å²) in [6.45, 7) is 1.49. The van der Waals surface area contributed by atoms with Gasteiger partial charge in [-0.05, 0) is 47.5 Å². The van der Waals surface area contributed by atoms with E-state index in [0.29, 0.717) is 10.8 Å². The van der Waals surface area contributed by atoms with E-state index >= 15 is 0 Å². The zero-order valence-corrected chi connectivity index (χ0v) is 13.2. The Kier molecular flexibility index (Phi) is 5.68. The fraction of sp³-hybridized carbons (Fsp3) is 0.133. The molecule has 1 atom stereocenters. The minimum atomic E-state index is -0.933. The zero-order valence-electron chi connectivity index (χ0n) is 11.7. The van der Waals surface area contributed by atoms with Crippen LogP contribution in [0, 0.1) is 0 Å². The van der Waals surface area contributed by atoms with Crippen molar-refractivity contribution in [2.75, 3.05) is 5.32 Å². The summed E-state index contributed by atoms with van der Waals surface area (Å²) in [7, 11) is 0. The number of hydrogen-bond donors (Lipinski definition) is 1. The maximum atomic E-state index is 11.9. The Labute approximate surface area is 136 Å². The van der Waals surface area contributed by atoms with Gasteiger partial charge < -0.3 is 10.1 Å². The number of nitrogens with one attached hydrogen (secondary N) is 1. The van der Waals surface area contributed by atoms with Gasteiger partial charge in [-0.15, -0.1) is 0 Å². The number of hydrogen-bond acceptors (Lipinski definition) is 5. The number of amides is 1. The summed E-state index contributed by atoms with van der Waals surface area (Å²) in [5.74, 6) is -0.712. The number of pyridine rings is 1. The number of nitrogens with zero attached hydrogens (tertiary/aromatic N) is 1. The first-order valence-electron chi connectivity index (χ1n) is 6.38. The minimum Gasteiger partial charge on any atom is -0.449 e. The molecule has 2 heterocycles. The van der Waals surface area contributed by atoms with Crippen molar-refractivity contribution in [3.8, 4) is 0 Å². The molecule has 2 rings (SSSR count). The van der Waals surface area contributed by atoms with Crippen LogP contribution < -0.4 is 5.32 Å². The second kappa shape index (κ2) is 7.72. The second-order valence-corrected chi connectivity index (χ2v) is 5.54. The third-order valence-corrected chi connectivity index (χ3v) is 3.52. The van der Waals surface area contributed by atoms with Crippen LogP contribution >= 0.6 is 22.9 Å². The first-order valence-corrected chi connectivity index (χ1v) is 7.70. The number of ether oxygens (including phenoxy) is 1. The molecule has 2 aromatic rings. The molecule has 0 aliphatic heterocycles. The lowest BCUT2D eigenvalue weighted by atomic mass is 10.3. The number of aromatic nitrogens is 1. The topological polar surface area (TPSA) is 68.3 Å². The molecule has 0 bridgehead atoms. The molecule has 0 fully saturated rings. The number of carbonyl (C=O) groups is 2. The predicted octanol–water partition coefficient (Wildman–Crippen LogP) is 3.38. The molecular formula is C15H13ClN2O3S. The van der Waals surface area contributed by atoms with Crippen LogP contribution in [0.1, 0.15) is 12.5 Å². The molecule has 0 aliphatic carbocycles. The average Bonchev–Trinajstić information content (AvgIpc) is 3.01. The van der Waals surface area contributed by atoms with Crippen LogP contribution in [0.4, 0.5) is 5.82 Å². The van der Waals surface area contributed by atoms with Crippen molar-refractivity contribution in [3.05, 3.63) is 51.8 Å². The van der Waals surface area contributed by atoms with Crippen LogP contribution in [0.5, 0.6) is 0 Å². The molecule has 5 nitrogen and oxygen atoms in total. The third-order valence-electron chi connectivity index (χ3n) is 2.60. The molecule has 0 unspecified atom stereocenters. The van der Waals surface area contributed by atoms with E-state index in [2.05, 4.69) is 10.3 Å². The molecule has 0 spiro atoms. The molecule has 0 radical (unpaired) electrons. The number of esters is 1. The van der Waals surface area contributed by atoms with Gasteiger partial charge in [0.25, 0.3) is 5.91 Å². The average molecular weight is 337 g/mol. The van der Waals surface area contributed by atoms with Gasteiger partial charge in [-0.2, -0.15) is 11.3 Å². The molecule has 0 saturated heterocycles. The van der Waals surface area contributed by atoms with Crippen molar-refractivity contribution in [2.45, 2.75) is 13.0 Å². The normalized spacial score (nSPS) is 12.1. The predicted molar refractivity (Wildman–Crippen MR) is 86.8 cm³/mol. The summed E-state index contributed by atoms with van der Waals surface area (Å²) in [6, 6.07) is 5.03. The maximum Gasteiger partial charge on any atom is 0.331 e. The van der Waals surface area contributed by atoms with Gasteiger partial charge in [-0.1, -0.05) is 11.6 Å². The van der Waals surface area contributed by atoms with Gasteiger partial charge in [-0.3, -0.25) is 4.79 Å². The van der Waals surface area contributed by atoms with E-state index in [1.165, 1.54) is 30.5 Å². The highest BCUT2D eigenvalue weighted by molar-refractivity contribution is 7.08. The quantitative estimate of drug-likeness (QED) is 0.671. The van der Waals surface area contributed by atoms with E-state index in [4.69, 9.17) is 16.3 Å². The second-order valence-electron chi connectivity index (χ2n) is 4.32. The first-order chi connectivity index (χ1) is 10.5. The van der Waals surface area contributed by atoms with Gasteiger partial charge >= 0.3 is 5.97 Å². The van der Waals surface area contributed by atoms with Crippen molar-refractivity contribution in [3.63, 3.8) is 0 Å². The van der Waals surface area contributed by atoms with Gasteiger partial charge in [0.15, 0.2) is 6.10 Å². The van der Waals surface area contributed by atoms with Gasteiger partial charge in [0.1, 0.15) is 5.82 Å². The molecule has 114 valence electrons. The van der Waals surface area contributed by atoms with E-state index in [1.54, 1.807) is 18.2 Å². The summed E-state index contributed by atoms with van der Waals surface area (Å²) >= 11 is 7.23. The summed E-state index contributed by atoms with van der Waals surface area (Å²) in [4.78, 5) is 27.4. The Morgan fingerprint density at radius 3 is 2.86 bits per heavy atom. The van der Waals surface area contributed by atoms with Crippen LogP contribution in [-0.4, -0.2) is 23.0 Å². The lowest BCUT2D eigenvalue weighted by Crippen LogP contribution is -2.29. The molecular weight excluding hydrogens is 324 g/mol. The highest BCUT2D eigenvalue weighted by Crippen LogP contribution is 2.11. The number of rotatable bonds is 5. The maximum absolute atomic E-state index is 11.9. The van der Waals surface area contributed by atoms with Crippen LogP contribution in [-0.2, 0) is 14.3 Å². The lowest BCUT2D eigenvalue weighted by molar-refractivity contribution is -0.148. The molecule has 2 aromatic heterocycles. The highest BCUT2D eigenvalue weighted by Gasteiger charge is 2.17. The van der Waals surface area contributed by atoms with Crippen molar-refractivity contribution in [1.29, 1.82) is 0 Å². The highest BCUT2D eigenvalue weighted by atomic mass is 35.5. The molecule has 0 aromatic carbocycles. The number of carbonyl (C=O) groups excluding carboxylic acids is 2. The lowest BCUT2D eigenvalue weighted by Gasteiger charge is -2.11. The summed E-state index contributed by atoms with van der Waals surface area (Å²) < 4.78 is 5.02. The summed E-state index contributed by atoms with van der Waals surface area (Å²) in [5.41, 5.74) is 0.907. The fourth-order valence-electron chi connectivity index (χ4n) is 1.48. The Morgan fingerprint density at radius 1 is 1.41 bits per heavy atom. The number of thiophene rings is 1. The Balaban J connectivity index is 1.85. The fourth-order valence-corrected chi connectivity index (χ4v) is 2.22. The van der Waals surface area contributed by atoms with E-state index in [9.17, 15) is 9.59 Å². The van der Waals surface area contributed by atoms with Crippen LogP contribution in [0.15, 0.2) is 41.2 Å². The Bertz CT molecular complexity index is 669. The summed E-state index contributed by atoms with van der Waals surface area (Å²) in [6.07, 6.45) is 3.39. The summed E-state index contributed by atoms with van der Waals surface area (Å²) in [5, 5.41) is 6.80. The molecule has 1 amide bonds. The minimum absolute atomic E-state index is 0.339. The van der Waals surface area contributed by atoms with Crippen molar-refractivity contribution in [2.24, 2.45) is 0 Å². The van der Waals surface area contributed by atoms with Crippen molar-refractivity contribution < 1.29 is 14.3 Å². The SMILES string of the molecule is C[C@@H](OC(=O)/C=C/c1ccsc1)C(=O)Nc1ccc(Cl)cn1. The van der Waals surface area contributed by atoms with Gasteiger partial charge in [0, 0.05) is 12.3 Å². The van der Waals surface area contributed by atoms with E-state index < -0.39 is 18.0 Å². The molecule has 0 saturated carbocycles. The van der Waals surface area contributed by atoms with Crippen LogP contribution in [0.25, 0.3) is 6.08 Å². The van der Waals surface area contributed by atoms with Crippen molar-refractivity contribution >= 4 is 46.7 Å².